The van der Waals surface area contributed by atoms with Crippen LogP contribution in [0.5, 0.6) is 0 Å². The number of rotatable bonds is 2. The Bertz CT molecular complexity index is 309. The van der Waals surface area contributed by atoms with Gasteiger partial charge >= 0.3 is 0 Å². The van der Waals surface area contributed by atoms with Gasteiger partial charge < -0.3 is 11.1 Å². The van der Waals surface area contributed by atoms with E-state index < -0.39 is 0 Å². The van der Waals surface area contributed by atoms with Gasteiger partial charge in [0, 0.05) is 18.3 Å². The van der Waals surface area contributed by atoms with Crippen LogP contribution in [0.1, 0.15) is 29.6 Å². The summed E-state index contributed by atoms with van der Waals surface area (Å²) in [5.74, 6) is -0.0962. The van der Waals surface area contributed by atoms with E-state index in [1.807, 2.05) is 0 Å². The van der Waals surface area contributed by atoms with Crippen LogP contribution in [0.25, 0.3) is 0 Å². The van der Waals surface area contributed by atoms with Crippen molar-refractivity contribution in [3.63, 3.8) is 0 Å². The van der Waals surface area contributed by atoms with Gasteiger partial charge in [0.2, 0.25) is 0 Å². The van der Waals surface area contributed by atoms with Crippen molar-refractivity contribution in [3.05, 3.63) is 18.0 Å². The lowest BCUT2D eigenvalue weighted by molar-refractivity contribution is 0.0934. The first kappa shape index (κ1) is 9.21. The number of hydrogen-bond acceptors (Lipinski definition) is 3. The Labute approximate surface area is 82.1 Å². The van der Waals surface area contributed by atoms with Crippen molar-refractivity contribution in [2.75, 3.05) is 0 Å². The largest absolute Gasteiger partial charge is 0.348 e. The molecule has 0 bridgehead atoms. The van der Waals surface area contributed by atoms with Gasteiger partial charge in [-0.1, -0.05) is 0 Å². The molecule has 1 saturated carbocycles. The second-order valence-corrected chi connectivity index (χ2v) is 3.66. The molecule has 5 heteroatoms. The number of nitrogens with one attached hydrogen (secondary N) is 2. The molecule has 1 aromatic heterocycles. The summed E-state index contributed by atoms with van der Waals surface area (Å²) in [6.45, 7) is 0. The Morgan fingerprint density at radius 2 is 2.50 bits per heavy atom. The Hall–Kier alpha value is -1.36. The number of nitrogens with zero attached hydrogens (tertiary/aromatic N) is 1. The molecular weight excluding hydrogens is 180 g/mol. The molecule has 2 unspecified atom stereocenters. The Morgan fingerprint density at radius 3 is 3.07 bits per heavy atom. The van der Waals surface area contributed by atoms with Crippen molar-refractivity contribution in [1.82, 2.24) is 15.5 Å². The van der Waals surface area contributed by atoms with E-state index in [4.69, 9.17) is 5.73 Å². The smallest absolute Gasteiger partial charge is 0.254 e. The zero-order valence-electron chi connectivity index (χ0n) is 7.86. The zero-order chi connectivity index (χ0) is 9.97. The molecule has 0 aromatic carbocycles. The number of H-pyrrole nitrogens is 1. The maximum absolute atomic E-state index is 11.6. The zero-order valence-corrected chi connectivity index (χ0v) is 7.86. The van der Waals surface area contributed by atoms with Crippen LogP contribution in [0.3, 0.4) is 0 Å². The Balaban J connectivity index is 1.95. The third-order valence-corrected chi connectivity index (χ3v) is 2.65. The predicted molar refractivity (Wildman–Crippen MR) is 51.7 cm³/mol. The van der Waals surface area contributed by atoms with Gasteiger partial charge in [0.15, 0.2) is 0 Å². The van der Waals surface area contributed by atoms with E-state index in [1.165, 1.54) is 6.20 Å². The number of amides is 1. The van der Waals surface area contributed by atoms with E-state index in [-0.39, 0.29) is 18.0 Å². The van der Waals surface area contributed by atoms with Crippen molar-refractivity contribution in [3.8, 4) is 0 Å². The molecule has 76 valence electrons. The van der Waals surface area contributed by atoms with Gasteiger partial charge in [-0.3, -0.25) is 9.89 Å². The van der Waals surface area contributed by atoms with Crippen molar-refractivity contribution in [2.24, 2.45) is 5.73 Å². The van der Waals surface area contributed by atoms with Crippen molar-refractivity contribution < 1.29 is 4.79 Å². The number of carbonyl (C=O) groups is 1. The van der Waals surface area contributed by atoms with E-state index in [9.17, 15) is 4.79 Å². The summed E-state index contributed by atoms with van der Waals surface area (Å²) in [7, 11) is 0. The lowest BCUT2D eigenvalue weighted by Gasteiger charge is -2.16. The first-order valence-corrected chi connectivity index (χ1v) is 4.82. The maximum Gasteiger partial charge on any atom is 0.254 e. The fourth-order valence-corrected chi connectivity index (χ4v) is 1.79. The molecular formula is C9H14N4O. The third-order valence-electron chi connectivity index (χ3n) is 2.65. The second kappa shape index (κ2) is 3.79. The number of aromatic nitrogens is 2. The molecule has 1 fully saturated rings. The minimum absolute atomic E-state index is 0.0962. The van der Waals surface area contributed by atoms with Crippen LogP contribution in [0.2, 0.25) is 0 Å². The van der Waals surface area contributed by atoms with E-state index in [0.717, 1.165) is 19.3 Å². The average molecular weight is 194 g/mol. The lowest BCUT2D eigenvalue weighted by atomic mass is 10.2. The average Bonchev–Trinajstić information content (AvgIpc) is 2.77. The van der Waals surface area contributed by atoms with Crippen LogP contribution in [-0.2, 0) is 0 Å². The van der Waals surface area contributed by atoms with Gasteiger partial charge in [-0.25, -0.2) is 0 Å². The molecule has 1 aliphatic rings. The standard InChI is InChI=1S/C9H14N4O/c10-7-2-1-3-8(7)13-9(14)6-4-11-12-5-6/h4-5,7-8H,1-3,10H2,(H,11,12)(H,13,14). The highest BCUT2D eigenvalue weighted by molar-refractivity contribution is 5.93. The lowest BCUT2D eigenvalue weighted by Crippen LogP contribution is -2.43. The quantitative estimate of drug-likeness (QED) is 0.620. The predicted octanol–water partition coefficient (Wildman–Crippen LogP) is 0.0193. The van der Waals surface area contributed by atoms with Gasteiger partial charge in [-0.15, -0.1) is 0 Å². The summed E-state index contributed by atoms with van der Waals surface area (Å²) in [6.07, 6.45) is 6.16. The molecule has 4 N–H and O–H groups in total. The van der Waals surface area contributed by atoms with Crippen LogP contribution in [0.15, 0.2) is 12.4 Å². The molecule has 5 nitrogen and oxygen atoms in total. The normalized spacial score (nSPS) is 26.4. The molecule has 1 aliphatic carbocycles. The van der Waals surface area contributed by atoms with Crippen LogP contribution in [0.4, 0.5) is 0 Å². The minimum atomic E-state index is -0.0962. The SMILES string of the molecule is NC1CCCC1NC(=O)c1cn[nH]c1. The third kappa shape index (κ3) is 1.77. The number of nitrogens with two attached hydrogens (primary N) is 1. The van der Waals surface area contributed by atoms with E-state index in [0.29, 0.717) is 5.56 Å². The second-order valence-electron chi connectivity index (χ2n) is 3.66. The van der Waals surface area contributed by atoms with Gasteiger partial charge in [-0.2, -0.15) is 5.10 Å². The maximum atomic E-state index is 11.6. The van der Waals surface area contributed by atoms with Crippen molar-refractivity contribution >= 4 is 5.91 Å². The van der Waals surface area contributed by atoms with E-state index in [1.54, 1.807) is 6.20 Å². The Morgan fingerprint density at radius 1 is 1.64 bits per heavy atom. The van der Waals surface area contributed by atoms with Crippen LogP contribution >= 0.6 is 0 Å². The molecule has 1 heterocycles. The summed E-state index contributed by atoms with van der Waals surface area (Å²) in [4.78, 5) is 11.6. The molecule has 0 saturated heterocycles. The molecule has 1 aromatic rings. The van der Waals surface area contributed by atoms with Crippen molar-refractivity contribution in [1.29, 1.82) is 0 Å². The Kier molecular flexibility index (Phi) is 2.49. The van der Waals surface area contributed by atoms with Gasteiger partial charge in [0.1, 0.15) is 0 Å². The van der Waals surface area contributed by atoms with Crippen LogP contribution in [0, 0.1) is 0 Å². The van der Waals surface area contributed by atoms with Gasteiger partial charge in [0.05, 0.1) is 11.8 Å². The summed E-state index contributed by atoms with van der Waals surface area (Å²) < 4.78 is 0. The first-order chi connectivity index (χ1) is 6.77. The molecule has 2 rings (SSSR count). The molecule has 0 radical (unpaired) electrons. The van der Waals surface area contributed by atoms with Crippen LogP contribution in [-0.4, -0.2) is 28.2 Å². The van der Waals surface area contributed by atoms with Gasteiger partial charge in [-0.05, 0) is 19.3 Å². The highest BCUT2D eigenvalue weighted by Gasteiger charge is 2.25. The molecule has 1 amide bonds. The molecule has 0 aliphatic heterocycles. The van der Waals surface area contributed by atoms with Crippen LogP contribution < -0.4 is 11.1 Å². The highest BCUT2D eigenvalue weighted by Crippen LogP contribution is 2.17. The monoisotopic (exact) mass is 194 g/mol. The minimum Gasteiger partial charge on any atom is -0.348 e. The summed E-state index contributed by atoms with van der Waals surface area (Å²) in [5.41, 5.74) is 6.40. The number of carbonyl (C=O) groups excluding carboxylic acids is 1. The highest BCUT2D eigenvalue weighted by atomic mass is 16.1. The molecule has 0 spiro atoms. The summed E-state index contributed by atoms with van der Waals surface area (Å²) >= 11 is 0. The number of hydrogen-bond donors (Lipinski definition) is 3. The fraction of sp³-hybridized carbons (Fsp3) is 0.556. The van der Waals surface area contributed by atoms with Crippen molar-refractivity contribution in [2.45, 2.75) is 31.3 Å². The summed E-state index contributed by atoms with van der Waals surface area (Å²) in [5, 5.41) is 9.23. The topological polar surface area (TPSA) is 83.8 Å². The number of aromatic amines is 1. The fourth-order valence-electron chi connectivity index (χ4n) is 1.79. The van der Waals surface area contributed by atoms with E-state index >= 15 is 0 Å². The first-order valence-electron chi connectivity index (χ1n) is 4.82. The van der Waals surface area contributed by atoms with Gasteiger partial charge in [0.25, 0.3) is 5.91 Å². The summed E-state index contributed by atoms with van der Waals surface area (Å²) in [6, 6.07) is 0.225. The molecule has 14 heavy (non-hydrogen) atoms. The molecule has 2 atom stereocenters. The van der Waals surface area contributed by atoms with E-state index in [2.05, 4.69) is 15.5 Å².